The van der Waals surface area contributed by atoms with Crippen molar-refractivity contribution in [3.8, 4) is 0 Å². The standard InChI is InChI=1S/C7H5NS2.Zr/c9-7-8-5-3-1-2-4-6(5)10-7;/h1-4H,(H,8,9);/q;+4. The van der Waals surface area contributed by atoms with Crippen LogP contribution in [0, 0.1) is 3.95 Å². The average Bonchev–Trinajstić information content (AvgIpc) is 2.27. The molecule has 0 fully saturated rings. The van der Waals surface area contributed by atoms with Gasteiger partial charge in [-0.3, -0.25) is 0 Å². The van der Waals surface area contributed by atoms with Gasteiger partial charge in [0.15, 0.2) is 3.95 Å². The van der Waals surface area contributed by atoms with Crippen molar-refractivity contribution >= 4 is 33.8 Å². The molecular weight excluding hydrogens is 253 g/mol. The number of hydrogen-bond acceptors (Lipinski definition) is 2. The Bertz CT molecular complexity index is 368. The third-order valence-corrected chi connectivity index (χ3v) is 2.54. The molecule has 1 nitrogen and oxygen atoms in total. The molecule has 1 N–H and O–H groups in total. The summed E-state index contributed by atoms with van der Waals surface area (Å²) in [5, 5.41) is 0. The van der Waals surface area contributed by atoms with Gasteiger partial charge in [-0.05, 0) is 24.4 Å². The van der Waals surface area contributed by atoms with E-state index in [1.165, 1.54) is 4.70 Å². The summed E-state index contributed by atoms with van der Waals surface area (Å²) in [7, 11) is 0. The molecule has 0 bridgehead atoms. The van der Waals surface area contributed by atoms with E-state index < -0.39 is 0 Å². The van der Waals surface area contributed by atoms with Gasteiger partial charge in [-0.1, -0.05) is 12.1 Å². The Morgan fingerprint density at radius 2 is 2.00 bits per heavy atom. The molecule has 0 atom stereocenters. The molecule has 1 aromatic carbocycles. The third-order valence-electron chi connectivity index (χ3n) is 1.33. The molecule has 0 unspecified atom stereocenters. The van der Waals surface area contributed by atoms with Gasteiger partial charge in [0.25, 0.3) is 0 Å². The van der Waals surface area contributed by atoms with Crippen molar-refractivity contribution in [2.75, 3.05) is 0 Å². The van der Waals surface area contributed by atoms with Crippen molar-refractivity contribution in [2.45, 2.75) is 0 Å². The minimum absolute atomic E-state index is 0. The zero-order valence-electron chi connectivity index (χ0n) is 5.63. The normalized spacial score (nSPS) is 9.45. The number of benzene rings is 1. The molecule has 2 rings (SSSR count). The van der Waals surface area contributed by atoms with Gasteiger partial charge in [0.05, 0.1) is 10.2 Å². The molecule has 2 aromatic rings. The summed E-state index contributed by atoms with van der Waals surface area (Å²) in [6.07, 6.45) is 0. The van der Waals surface area contributed by atoms with Crippen LogP contribution in [-0.4, -0.2) is 4.98 Å². The summed E-state index contributed by atoms with van der Waals surface area (Å²) in [5.74, 6) is 0. The topological polar surface area (TPSA) is 15.8 Å². The van der Waals surface area contributed by atoms with E-state index in [-0.39, 0.29) is 26.2 Å². The van der Waals surface area contributed by atoms with Crippen LogP contribution in [0.15, 0.2) is 24.3 Å². The maximum atomic E-state index is 4.98. The second-order valence-corrected chi connectivity index (χ2v) is 3.73. The van der Waals surface area contributed by atoms with E-state index in [1.807, 2.05) is 18.2 Å². The number of hydrogen-bond donors (Lipinski definition) is 1. The van der Waals surface area contributed by atoms with Crippen LogP contribution in [0.25, 0.3) is 10.2 Å². The predicted octanol–water partition coefficient (Wildman–Crippen LogP) is 2.96. The number of H-pyrrole nitrogens is 1. The van der Waals surface area contributed by atoms with Crippen LogP contribution >= 0.6 is 23.6 Å². The predicted molar refractivity (Wildman–Crippen MR) is 47.0 cm³/mol. The van der Waals surface area contributed by atoms with E-state index in [4.69, 9.17) is 12.2 Å². The van der Waals surface area contributed by atoms with Gasteiger partial charge < -0.3 is 4.98 Å². The first kappa shape index (κ1) is 9.30. The molecule has 0 saturated heterocycles. The molecule has 11 heavy (non-hydrogen) atoms. The first-order valence-corrected chi connectivity index (χ1v) is 4.16. The van der Waals surface area contributed by atoms with Crippen molar-refractivity contribution < 1.29 is 26.2 Å². The molecule has 0 saturated carbocycles. The van der Waals surface area contributed by atoms with E-state index >= 15 is 0 Å². The Kier molecular flexibility index (Phi) is 3.17. The van der Waals surface area contributed by atoms with Crippen LogP contribution in [0.2, 0.25) is 0 Å². The molecule has 0 aliphatic heterocycles. The smallest absolute Gasteiger partial charge is 0.337 e. The number of thiazole rings is 1. The van der Waals surface area contributed by atoms with Crippen LogP contribution in [0.4, 0.5) is 0 Å². The number of aromatic amines is 1. The van der Waals surface area contributed by atoms with Gasteiger partial charge >= 0.3 is 26.2 Å². The maximum absolute atomic E-state index is 4.98. The number of para-hydroxylation sites is 1. The summed E-state index contributed by atoms with van der Waals surface area (Å²) >= 11 is 6.59. The summed E-state index contributed by atoms with van der Waals surface area (Å²) in [6.45, 7) is 0. The Morgan fingerprint density at radius 1 is 1.27 bits per heavy atom. The minimum Gasteiger partial charge on any atom is -0.337 e. The van der Waals surface area contributed by atoms with Gasteiger partial charge in [0, 0.05) is 0 Å². The van der Waals surface area contributed by atoms with Gasteiger partial charge in [0.2, 0.25) is 0 Å². The Morgan fingerprint density at radius 3 is 2.73 bits per heavy atom. The first-order chi connectivity index (χ1) is 4.86. The Labute approximate surface area is 92.6 Å². The molecule has 4 heteroatoms. The fourth-order valence-corrected chi connectivity index (χ4v) is 2.01. The van der Waals surface area contributed by atoms with Crippen LogP contribution in [0.3, 0.4) is 0 Å². The molecule has 1 heterocycles. The van der Waals surface area contributed by atoms with Gasteiger partial charge in [0.1, 0.15) is 0 Å². The van der Waals surface area contributed by atoms with E-state index in [0.717, 1.165) is 9.47 Å². The Balaban J connectivity index is 0.000000605. The average molecular weight is 258 g/mol. The molecule has 0 aliphatic carbocycles. The van der Waals surface area contributed by atoms with Crippen LogP contribution < -0.4 is 0 Å². The molecule has 1 aromatic heterocycles. The van der Waals surface area contributed by atoms with E-state index in [0.29, 0.717) is 0 Å². The molecule has 0 radical (unpaired) electrons. The van der Waals surface area contributed by atoms with E-state index in [9.17, 15) is 0 Å². The monoisotopic (exact) mass is 257 g/mol. The summed E-state index contributed by atoms with van der Waals surface area (Å²) in [5.41, 5.74) is 1.14. The molecular formula is C7H5NS2Zr+4. The number of rotatable bonds is 0. The summed E-state index contributed by atoms with van der Waals surface area (Å²) in [6, 6.07) is 8.11. The summed E-state index contributed by atoms with van der Waals surface area (Å²) < 4.78 is 2.08. The van der Waals surface area contributed by atoms with Crippen molar-refractivity contribution in [2.24, 2.45) is 0 Å². The van der Waals surface area contributed by atoms with Crippen LogP contribution in [-0.2, 0) is 26.2 Å². The summed E-state index contributed by atoms with van der Waals surface area (Å²) in [4.78, 5) is 3.09. The fourth-order valence-electron chi connectivity index (χ4n) is 0.894. The quantitative estimate of drug-likeness (QED) is 0.718. The molecule has 50 valence electrons. The number of aromatic nitrogens is 1. The molecule has 0 spiro atoms. The second kappa shape index (κ2) is 3.75. The van der Waals surface area contributed by atoms with Crippen LogP contribution in [0.1, 0.15) is 0 Å². The maximum Gasteiger partial charge on any atom is 4.00 e. The number of fused-ring (bicyclic) bond motifs is 1. The number of nitrogens with one attached hydrogen (secondary N) is 1. The molecule has 0 amide bonds. The fraction of sp³-hybridized carbons (Fsp3) is 0. The zero-order chi connectivity index (χ0) is 6.97. The SMILES string of the molecule is S=c1[nH]c2ccccc2s1.[Zr+4]. The van der Waals surface area contributed by atoms with Gasteiger partial charge in [-0.2, -0.15) is 0 Å². The zero-order valence-corrected chi connectivity index (χ0v) is 9.72. The van der Waals surface area contributed by atoms with Crippen molar-refractivity contribution in [3.63, 3.8) is 0 Å². The van der Waals surface area contributed by atoms with Crippen molar-refractivity contribution in [1.82, 2.24) is 4.98 Å². The largest absolute Gasteiger partial charge is 4.00 e. The van der Waals surface area contributed by atoms with Gasteiger partial charge in [-0.15, -0.1) is 11.3 Å². The minimum atomic E-state index is 0. The second-order valence-electron chi connectivity index (χ2n) is 2.01. The molecule has 0 aliphatic rings. The first-order valence-electron chi connectivity index (χ1n) is 2.94. The van der Waals surface area contributed by atoms with Gasteiger partial charge in [-0.25, -0.2) is 0 Å². The Hall–Kier alpha value is 0.213. The van der Waals surface area contributed by atoms with E-state index in [2.05, 4.69) is 11.1 Å². The van der Waals surface area contributed by atoms with E-state index in [1.54, 1.807) is 11.3 Å². The van der Waals surface area contributed by atoms with Crippen molar-refractivity contribution in [3.05, 3.63) is 28.2 Å². The third kappa shape index (κ3) is 1.87. The van der Waals surface area contributed by atoms with Crippen molar-refractivity contribution in [1.29, 1.82) is 0 Å². The van der Waals surface area contributed by atoms with Crippen LogP contribution in [0.5, 0.6) is 0 Å².